The molecule has 6 heteroatoms. The Labute approximate surface area is 143 Å². The number of carbonyl (C=O) groups excluding carboxylic acids is 2. The van der Waals surface area contributed by atoms with Gasteiger partial charge in [0.2, 0.25) is 5.91 Å². The summed E-state index contributed by atoms with van der Waals surface area (Å²) >= 11 is 0. The molecule has 0 aromatic heterocycles. The summed E-state index contributed by atoms with van der Waals surface area (Å²) in [5, 5.41) is 0. The van der Waals surface area contributed by atoms with E-state index >= 15 is 0 Å². The number of hydrazine groups is 1. The van der Waals surface area contributed by atoms with Crippen LogP contribution >= 0.6 is 0 Å². The highest BCUT2D eigenvalue weighted by atomic mass is 16.5. The van der Waals surface area contributed by atoms with Crippen molar-refractivity contribution in [1.82, 2.24) is 10.9 Å². The van der Waals surface area contributed by atoms with E-state index in [4.69, 9.17) is 9.47 Å². The van der Waals surface area contributed by atoms with Crippen molar-refractivity contribution in [3.05, 3.63) is 23.8 Å². The highest BCUT2D eigenvalue weighted by Crippen LogP contribution is 2.28. The van der Waals surface area contributed by atoms with Gasteiger partial charge in [0.25, 0.3) is 5.91 Å². The van der Waals surface area contributed by atoms with E-state index < -0.39 is 5.91 Å². The minimum absolute atomic E-state index is 0.205. The Bertz CT molecular complexity index is 544. The summed E-state index contributed by atoms with van der Waals surface area (Å²) in [5.41, 5.74) is 5.22. The Kier molecular flexibility index (Phi) is 8.68. The number of rotatable bonds is 9. The molecule has 0 aliphatic heterocycles. The van der Waals surface area contributed by atoms with Gasteiger partial charge in [0.15, 0.2) is 11.5 Å². The maximum absolute atomic E-state index is 12.1. The first-order chi connectivity index (χ1) is 11.5. The van der Waals surface area contributed by atoms with Gasteiger partial charge in [-0.3, -0.25) is 20.4 Å². The molecule has 0 bridgehead atoms. The third-order valence-corrected chi connectivity index (χ3v) is 3.45. The lowest BCUT2D eigenvalue weighted by molar-refractivity contribution is -0.122. The van der Waals surface area contributed by atoms with E-state index in [1.807, 2.05) is 13.8 Å². The second kappa shape index (κ2) is 10.5. The van der Waals surface area contributed by atoms with Crippen LogP contribution in [-0.2, 0) is 4.79 Å². The molecule has 0 spiro atoms. The van der Waals surface area contributed by atoms with Crippen LogP contribution in [0.2, 0.25) is 0 Å². The normalized spacial score (nSPS) is 10.4. The van der Waals surface area contributed by atoms with Crippen molar-refractivity contribution < 1.29 is 19.1 Å². The lowest BCUT2D eigenvalue weighted by atomic mass is 10.1. The highest BCUT2D eigenvalue weighted by molar-refractivity contribution is 5.96. The van der Waals surface area contributed by atoms with Gasteiger partial charge in [-0.2, -0.15) is 0 Å². The first-order valence-electron chi connectivity index (χ1n) is 8.38. The summed E-state index contributed by atoms with van der Waals surface area (Å²) < 4.78 is 10.9. The first-order valence-corrected chi connectivity index (χ1v) is 8.38. The topological polar surface area (TPSA) is 76.7 Å². The second-order valence-electron chi connectivity index (χ2n) is 6.00. The van der Waals surface area contributed by atoms with E-state index in [0.29, 0.717) is 36.0 Å². The number of amides is 2. The number of hydrogen-bond donors (Lipinski definition) is 2. The highest BCUT2D eigenvalue weighted by Gasteiger charge is 2.12. The molecule has 0 radical (unpaired) electrons. The number of methoxy groups -OCH3 is 1. The number of unbranched alkanes of at least 4 members (excludes halogenated alkanes) is 1. The van der Waals surface area contributed by atoms with Crippen molar-refractivity contribution in [3.8, 4) is 11.5 Å². The molecule has 0 saturated carbocycles. The quantitative estimate of drug-likeness (QED) is 0.537. The van der Waals surface area contributed by atoms with Crippen LogP contribution < -0.4 is 20.3 Å². The van der Waals surface area contributed by atoms with Gasteiger partial charge in [0, 0.05) is 12.0 Å². The number of benzene rings is 1. The van der Waals surface area contributed by atoms with Crippen molar-refractivity contribution in [2.75, 3.05) is 13.7 Å². The monoisotopic (exact) mass is 336 g/mol. The molecule has 0 heterocycles. The fourth-order valence-electron chi connectivity index (χ4n) is 1.94. The van der Waals surface area contributed by atoms with E-state index in [2.05, 4.69) is 17.8 Å². The lowest BCUT2D eigenvalue weighted by Gasteiger charge is -2.12. The molecule has 0 saturated heterocycles. The van der Waals surface area contributed by atoms with Crippen molar-refractivity contribution in [1.29, 1.82) is 0 Å². The number of nitrogens with one attached hydrogen (secondary N) is 2. The Balaban J connectivity index is 2.59. The molecule has 1 aromatic carbocycles. The molecule has 1 rings (SSSR count). The predicted octanol–water partition coefficient (Wildman–Crippen LogP) is 3.07. The van der Waals surface area contributed by atoms with Crippen molar-refractivity contribution in [2.45, 2.75) is 46.5 Å². The third-order valence-electron chi connectivity index (χ3n) is 3.45. The number of ether oxygens (including phenoxy) is 2. The molecule has 1 aromatic rings. The molecule has 24 heavy (non-hydrogen) atoms. The number of hydrogen-bond acceptors (Lipinski definition) is 4. The zero-order valence-electron chi connectivity index (χ0n) is 15.0. The van der Waals surface area contributed by atoms with Gasteiger partial charge in [0.1, 0.15) is 0 Å². The molecule has 2 amide bonds. The summed E-state index contributed by atoms with van der Waals surface area (Å²) in [6.07, 6.45) is 3.15. The lowest BCUT2D eigenvalue weighted by Crippen LogP contribution is -2.41. The van der Waals surface area contributed by atoms with Gasteiger partial charge in [0.05, 0.1) is 13.7 Å². The SMILES string of the molecule is CCCCOc1ccc(C(=O)NNC(=O)CCC(C)C)cc1OC. The molecule has 2 N–H and O–H groups in total. The first kappa shape index (κ1) is 19.8. The molecular formula is C18H28N2O4. The average molecular weight is 336 g/mol. The smallest absolute Gasteiger partial charge is 0.269 e. The fraction of sp³-hybridized carbons (Fsp3) is 0.556. The maximum atomic E-state index is 12.1. The zero-order valence-corrected chi connectivity index (χ0v) is 15.0. The van der Waals surface area contributed by atoms with Crippen molar-refractivity contribution >= 4 is 11.8 Å². The molecule has 0 aliphatic rings. The van der Waals surface area contributed by atoms with Crippen LogP contribution in [0.1, 0.15) is 56.8 Å². The van der Waals surface area contributed by atoms with Gasteiger partial charge < -0.3 is 9.47 Å². The molecule has 0 atom stereocenters. The van der Waals surface area contributed by atoms with E-state index in [0.717, 1.165) is 19.3 Å². The molecular weight excluding hydrogens is 308 g/mol. The van der Waals surface area contributed by atoms with Gasteiger partial charge in [-0.25, -0.2) is 0 Å². The molecule has 6 nitrogen and oxygen atoms in total. The minimum Gasteiger partial charge on any atom is -0.493 e. The Hall–Kier alpha value is -2.24. The summed E-state index contributed by atoms with van der Waals surface area (Å²) in [7, 11) is 1.53. The number of carbonyl (C=O) groups is 2. The summed E-state index contributed by atoms with van der Waals surface area (Å²) in [6, 6.07) is 4.93. The molecule has 0 aliphatic carbocycles. The summed E-state index contributed by atoms with van der Waals surface area (Å²) in [6.45, 7) is 6.78. The van der Waals surface area contributed by atoms with Crippen LogP contribution in [0.4, 0.5) is 0 Å². The molecule has 134 valence electrons. The van der Waals surface area contributed by atoms with Crippen LogP contribution in [0, 0.1) is 5.92 Å². The van der Waals surface area contributed by atoms with Crippen LogP contribution in [0.25, 0.3) is 0 Å². The average Bonchev–Trinajstić information content (AvgIpc) is 2.58. The van der Waals surface area contributed by atoms with E-state index in [9.17, 15) is 9.59 Å². The van der Waals surface area contributed by atoms with Crippen LogP contribution in [-0.4, -0.2) is 25.5 Å². The predicted molar refractivity (Wildman–Crippen MR) is 93.1 cm³/mol. The zero-order chi connectivity index (χ0) is 17.9. The summed E-state index contributed by atoms with van der Waals surface area (Å²) in [5.74, 6) is 0.930. The standard InChI is InChI=1S/C18H28N2O4/c1-5-6-11-24-15-9-8-14(12-16(15)23-4)18(22)20-19-17(21)10-7-13(2)3/h8-9,12-13H,5-7,10-11H2,1-4H3,(H,19,21)(H,20,22). The largest absolute Gasteiger partial charge is 0.493 e. The second-order valence-corrected chi connectivity index (χ2v) is 6.00. The van der Waals surface area contributed by atoms with Gasteiger partial charge in [-0.05, 0) is 37.0 Å². The van der Waals surface area contributed by atoms with Gasteiger partial charge in [-0.1, -0.05) is 27.2 Å². The minimum atomic E-state index is -0.397. The maximum Gasteiger partial charge on any atom is 0.269 e. The fourth-order valence-corrected chi connectivity index (χ4v) is 1.94. The van der Waals surface area contributed by atoms with Gasteiger partial charge in [-0.15, -0.1) is 0 Å². The molecule has 0 unspecified atom stereocenters. The third kappa shape index (κ3) is 6.89. The van der Waals surface area contributed by atoms with E-state index in [-0.39, 0.29) is 5.91 Å². The van der Waals surface area contributed by atoms with Crippen LogP contribution in [0.3, 0.4) is 0 Å². The van der Waals surface area contributed by atoms with Gasteiger partial charge >= 0.3 is 0 Å². The van der Waals surface area contributed by atoms with E-state index in [1.165, 1.54) is 7.11 Å². The Morgan fingerprint density at radius 1 is 1.17 bits per heavy atom. The summed E-state index contributed by atoms with van der Waals surface area (Å²) in [4.78, 5) is 23.7. The molecule has 0 fully saturated rings. The Morgan fingerprint density at radius 2 is 1.92 bits per heavy atom. The van der Waals surface area contributed by atoms with Crippen molar-refractivity contribution in [3.63, 3.8) is 0 Å². The van der Waals surface area contributed by atoms with Crippen LogP contribution in [0.15, 0.2) is 18.2 Å². The van der Waals surface area contributed by atoms with E-state index in [1.54, 1.807) is 18.2 Å². The van der Waals surface area contributed by atoms with Crippen molar-refractivity contribution in [2.24, 2.45) is 5.92 Å². The van der Waals surface area contributed by atoms with Crippen LogP contribution in [0.5, 0.6) is 11.5 Å². The Morgan fingerprint density at radius 3 is 2.54 bits per heavy atom.